The molecule has 1 heterocycles. The van der Waals surface area contributed by atoms with Gasteiger partial charge in [-0.2, -0.15) is 0 Å². The maximum Gasteiger partial charge on any atom is 0.219 e. The fourth-order valence-electron chi connectivity index (χ4n) is 2.46. The van der Waals surface area contributed by atoms with E-state index in [1.165, 1.54) is 11.8 Å². The molecule has 0 saturated carbocycles. The summed E-state index contributed by atoms with van der Waals surface area (Å²) in [6.45, 7) is 2.77. The van der Waals surface area contributed by atoms with Crippen molar-refractivity contribution in [2.45, 2.75) is 13.3 Å². The summed E-state index contributed by atoms with van der Waals surface area (Å²) >= 11 is 1.34. The SMILES string of the molecule is C[C@]1(CSC(=O)c2ccccc2)CCOC1=Nc1ccccc1. The molecule has 0 unspecified atom stereocenters. The molecule has 2 aromatic rings. The molecule has 2 aromatic carbocycles. The van der Waals surface area contributed by atoms with Crippen LogP contribution in [-0.2, 0) is 4.74 Å². The van der Waals surface area contributed by atoms with Crippen molar-refractivity contribution < 1.29 is 9.53 Å². The zero-order chi connectivity index (χ0) is 16.1. The smallest absolute Gasteiger partial charge is 0.219 e. The Morgan fingerprint density at radius 1 is 1.13 bits per heavy atom. The quantitative estimate of drug-likeness (QED) is 0.816. The van der Waals surface area contributed by atoms with E-state index in [-0.39, 0.29) is 10.5 Å². The minimum atomic E-state index is -0.203. The van der Waals surface area contributed by atoms with E-state index in [0.717, 1.165) is 23.6 Å². The topological polar surface area (TPSA) is 38.7 Å². The number of carbonyl (C=O) groups is 1. The first-order valence-electron chi connectivity index (χ1n) is 7.67. The van der Waals surface area contributed by atoms with Crippen LogP contribution >= 0.6 is 11.8 Å². The molecule has 3 rings (SSSR count). The molecule has 0 aromatic heterocycles. The molecule has 0 spiro atoms. The highest BCUT2D eigenvalue weighted by molar-refractivity contribution is 8.14. The van der Waals surface area contributed by atoms with E-state index in [2.05, 4.69) is 11.9 Å². The maximum absolute atomic E-state index is 12.3. The molecule has 118 valence electrons. The van der Waals surface area contributed by atoms with E-state index in [1.54, 1.807) is 0 Å². The lowest BCUT2D eigenvalue weighted by Gasteiger charge is -2.21. The van der Waals surface area contributed by atoms with Crippen LogP contribution in [0, 0.1) is 5.41 Å². The summed E-state index contributed by atoms with van der Waals surface area (Å²) in [6, 6.07) is 19.2. The summed E-state index contributed by atoms with van der Waals surface area (Å²) in [4.78, 5) is 16.9. The highest BCUT2D eigenvalue weighted by atomic mass is 32.2. The number of nitrogens with zero attached hydrogens (tertiary/aromatic N) is 1. The predicted octanol–water partition coefficient (Wildman–Crippen LogP) is 4.72. The molecule has 0 bridgehead atoms. The number of rotatable bonds is 4. The van der Waals surface area contributed by atoms with Gasteiger partial charge in [-0.15, -0.1) is 0 Å². The number of carbonyl (C=O) groups excluding carboxylic acids is 1. The molecular formula is C19H19NO2S. The summed E-state index contributed by atoms with van der Waals surface area (Å²) in [5.41, 5.74) is 1.42. The first-order chi connectivity index (χ1) is 11.2. The average molecular weight is 325 g/mol. The first-order valence-corrected chi connectivity index (χ1v) is 8.65. The number of para-hydroxylation sites is 1. The fraction of sp³-hybridized carbons (Fsp3) is 0.263. The number of hydrogen-bond acceptors (Lipinski definition) is 4. The third-order valence-electron chi connectivity index (χ3n) is 3.93. The second kappa shape index (κ2) is 7.01. The summed E-state index contributed by atoms with van der Waals surface area (Å²) in [6.07, 6.45) is 0.883. The van der Waals surface area contributed by atoms with E-state index in [1.807, 2.05) is 60.7 Å². The number of hydrogen-bond donors (Lipinski definition) is 0. The molecule has 1 fully saturated rings. The van der Waals surface area contributed by atoms with Gasteiger partial charge in [0.15, 0.2) is 5.90 Å². The zero-order valence-corrected chi connectivity index (χ0v) is 13.9. The largest absolute Gasteiger partial charge is 0.480 e. The van der Waals surface area contributed by atoms with Crippen molar-refractivity contribution in [3.8, 4) is 0 Å². The van der Waals surface area contributed by atoms with Gasteiger partial charge in [-0.3, -0.25) is 4.79 Å². The van der Waals surface area contributed by atoms with Crippen LogP contribution in [-0.4, -0.2) is 23.4 Å². The van der Waals surface area contributed by atoms with E-state index in [9.17, 15) is 4.79 Å². The highest BCUT2D eigenvalue weighted by Crippen LogP contribution is 2.36. The van der Waals surface area contributed by atoms with Crippen molar-refractivity contribution in [1.82, 2.24) is 0 Å². The van der Waals surface area contributed by atoms with Crippen LogP contribution in [0.1, 0.15) is 23.7 Å². The van der Waals surface area contributed by atoms with E-state index in [0.29, 0.717) is 12.4 Å². The van der Waals surface area contributed by atoms with Gasteiger partial charge in [-0.1, -0.05) is 60.3 Å². The zero-order valence-electron chi connectivity index (χ0n) is 13.1. The Balaban J connectivity index is 1.70. The van der Waals surface area contributed by atoms with Crippen molar-refractivity contribution in [2.24, 2.45) is 10.4 Å². The monoisotopic (exact) mass is 325 g/mol. The molecule has 0 amide bonds. The Kier molecular flexibility index (Phi) is 4.82. The standard InChI is InChI=1S/C19H19NO2S/c1-19(14-23-17(21)15-8-4-2-5-9-15)12-13-22-18(19)20-16-10-6-3-7-11-16/h2-11H,12-14H2,1H3/t19-/m1/s1. The van der Waals surface area contributed by atoms with Crippen LogP contribution in [0.4, 0.5) is 5.69 Å². The van der Waals surface area contributed by atoms with Gasteiger partial charge in [0, 0.05) is 11.3 Å². The van der Waals surface area contributed by atoms with Gasteiger partial charge < -0.3 is 4.74 Å². The third kappa shape index (κ3) is 3.82. The number of thioether (sulfide) groups is 1. The van der Waals surface area contributed by atoms with Gasteiger partial charge in [0.1, 0.15) is 0 Å². The molecule has 0 N–H and O–H groups in total. The van der Waals surface area contributed by atoms with Crippen LogP contribution < -0.4 is 0 Å². The summed E-state index contributed by atoms with van der Waals surface area (Å²) in [5.74, 6) is 1.41. The van der Waals surface area contributed by atoms with Crippen LogP contribution in [0.2, 0.25) is 0 Å². The highest BCUT2D eigenvalue weighted by Gasteiger charge is 2.38. The van der Waals surface area contributed by atoms with Gasteiger partial charge >= 0.3 is 0 Å². The molecule has 1 aliphatic heterocycles. The molecule has 0 radical (unpaired) electrons. The van der Waals surface area contributed by atoms with Crippen LogP contribution in [0.15, 0.2) is 65.7 Å². The maximum atomic E-state index is 12.3. The average Bonchev–Trinajstić information content (AvgIpc) is 2.95. The second-order valence-electron chi connectivity index (χ2n) is 5.85. The third-order valence-corrected chi connectivity index (χ3v) is 5.21. The number of ether oxygens (including phenoxy) is 1. The Labute approximate surface area is 140 Å². The Morgan fingerprint density at radius 3 is 2.48 bits per heavy atom. The first kappa shape index (κ1) is 15.8. The van der Waals surface area contributed by atoms with Crippen molar-refractivity contribution in [3.63, 3.8) is 0 Å². The van der Waals surface area contributed by atoms with Crippen LogP contribution in [0.25, 0.3) is 0 Å². The summed E-state index contributed by atoms with van der Waals surface area (Å²) in [7, 11) is 0. The summed E-state index contributed by atoms with van der Waals surface area (Å²) in [5, 5.41) is 0.0952. The molecule has 1 aliphatic rings. The second-order valence-corrected chi connectivity index (χ2v) is 6.80. The van der Waals surface area contributed by atoms with Crippen molar-refractivity contribution >= 4 is 28.5 Å². The van der Waals surface area contributed by atoms with Crippen molar-refractivity contribution in [1.29, 1.82) is 0 Å². The lowest BCUT2D eigenvalue weighted by molar-refractivity contribution is 0.108. The number of aliphatic imine (C=N–C) groups is 1. The van der Waals surface area contributed by atoms with Crippen molar-refractivity contribution in [2.75, 3.05) is 12.4 Å². The lowest BCUT2D eigenvalue weighted by Crippen LogP contribution is -2.26. The van der Waals surface area contributed by atoms with E-state index < -0.39 is 0 Å². The minimum absolute atomic E-state index is 0.0952. The van der Waals surface area contributed by atoms with Gasteiger partial charge in [-0.05, 0) is 25.5 Å². The molecule has 0 aliphatic carbocycles. The lowest BCUT2D eigenvalue weighted by atomic mass is 9.91. The van der Waals surface area contributed by atoms with E-state index >= 15 is 0 Å². The van der Waals surface area contributed by atoms with Crippen LogP contribution in [0.3, 0.4) is 0 Å². The molecular weight excluding hydrogens is 306 g/mol. The molecule has 1 saturated heterocycles. The van der Waals surface area contributed by atoms with Gasteiger partial charge in [-0.25, -0.2) is 4.99 Å². The molecule has 3 nitrogen and oxygen atoms in total. The molecule has 23 heavy (non-hydrogen) atoms. The Morgan fingerprint density at radius 2 is 1.78 bits per heavy atom. The Hall–Kier alpha value is -2.07. The van der Waals surface area contributed by atoms with Crippen LogP contribution in [0.5, 0.6) is 0 Å². The normalized spacial score (nSPS) is 22.0. The van der Waals surface area contributed by atoms with Gasteiger partial charge in [0.05, 0.1) is 17.7 Å². The Bertz CT molecular complexity index is 700. The summed E-state index contributed by atoms with van der Waals surface area (Å²) < 4.78 is 5.74. The fourth-order valence-corrected chi connectivity index (χ4v) is 3.48. The van der Waals surface area contributed by atoms with E-state index in [4.69, 9.17) is 4.74 Å². The number of benzene rings is 2. The van der Waals surface area contributed by atoms with Gasteiger partial charge in [0.25, 0.3) is 0 Å². The van der Waals surface area contributed by atoms with Gasteiger partial charge in [0.2, 0.25) is 5.12 Å². The molecule has 1 atom stereocenters. The molecule has 4 heteroatoms. The minimum Gasteiger partial charge on any atom is -0.480 e. The predicted molar refractivity (Wildman–Crippen MR) is 95.4 cm³/mol. The van der Waals surface area contributed by atoms with Crippen molar-refractivity contribution in [3.05, 3.63) is 66.2 Å².